The number of ether oxygens (including phenoxy) is 1. The van der Waals surface area contributed by atoms with Crippen LogP contribution in [0, 0.1) is 17.2 Å². The number of rotatable bonds is 4. The molecule has 0 spiro atoms. The van der Waals surface area contributed by atoms with Crippen LogP contribution < -0.4 is 9.64 Å². The van der Waals surface area contributed by atoms with Crippen molar-refractivity contribution in [1.29, 1.82) is 5.26 Å². The van der Waals surface area contributed by atoms with E-state index in [2.05, 4.69) is 44.3 Å². The van der Waals surface area contributed by atoms with Crippen LogP contribution in [0.15, 0.2) is 42.6 Å². The summed E-state index contributed by atoms with van der Waals surface area (Å²) < 4.78 is 5.72. The molecule has 7 heteroatoms. The first kappa shape index (κ1) is 19.7. The van der Waals surface area contributed by atoms with E-state index >= 15 is 0 Å². The Kier molecular flexibility index (Phi) is 4.72. The van der Waals surface area contributed by atoms with Crippen LogP contribution in [0.25, 0.3) is 33.5 Å². The Hall–Kier alpha value is -3.92. The van der Waals surface area contributed by atoms with Gasteiger partial charge in [0.1, 0.15) is 28.5 Å². The highest BCUT2D eigenvalue weighted by atomic mass is 16.5. The van der Waals surface area contributed by atoms with E-state index in [4.69, 9.17) is 15.0 Å². The number of hydrogen-bond acceptors (Lipinski definition) is 6. The highest BCUT2D eigenvalue weighted by Gasteiger charge is 2.24. The minimum Gasteiger partial charge on any atom is -0.494 e. The third-order valence-corrected chi connectivity index (χ3v) is 6.84. The Balaban J connectivity index is 1.41. The summed E-state index contributed by atoms with van der Waals surface area (Å²) in [6.45, 7) is 1.60. The second kappa shape index (κ2) is 7.89. The van der Waals surface area contributed by atoms with E-state index in [1.54, 1.807) is 7.11 Å². The molecule has 1 saturated heterocycles. The van der Waals surface area contributed by atoms with Crippen molar-refractivity contribution >= 4 is 16.9 Å². The number of H-pyrrole nitrogens is 1. The molecule has 1 aromatic carbocycles. The number of nitriles is 1. The van der Waals surface area contributed by atoms with Crippen LogP contribution in [0.1, 0.15) is 24.0 Å². The molecule has 0 radical (unpaired) electrons. The maximum absolute atomic E-state index is 9.17. The number of fused-ring (bicyclic) bond motifs is 2. The average molecular weight is 437 g/mol. The fourth-order valence-corrected chi connectivity index (χ4v) is 5.11. The monoisotopic (exact) mass is 436 g/mol. The van der Waals surface area contributed by atoms with E-state index in [1.807, 2.05) is 24.4 Å². The number of aromatic nitrogens is 4. The van der Waals surface area contributed by atoms with Gasteiger partial charge in [0.2, 0.25) is 0 Å². The first-order chi connectivity index (χ1) is 16.2. The average Bonchev–Trinajstić information content (AvgIpc) is 3.62. The standard InChI is InChI=1S/C26H24N6O/c1-33-22-12-21-26(29-25(22)20-7-3-5-17-4-2-6-19(17)20)24(31-30-21)18-8-9-23(28-14-18)32-11-10-16(13-27)15-32/h3,5,7-9,12,14,16H,2,4,6,10-11,15H2,1H3,(H,30,31). The first-order valence-corrected chi connectivity index (χ1v) is 11.4. The van der Waals surface area contributed by atoms with Crippen molar-refractivity contribution in [2.24, 2.45) is 5.92 Å². The first-order valence-electron chi connectivity index (χ1n) is 11.4. The summed E-state index contributed by atoms with van der Waals surface area (Å²) in [5.41, 5.74) is 8.10. The minimum absolute atomic E-state index is 0.0822. The molecule has 1 aliphatic carbocycles. The Morgan fingerprint density at radius 2 is 2.12 bits per heavy atom. The van der Waals surface area contributed by atoms with Crippen molar-refractivity contribution in [3.8, 4) is 34.3 Å². The zero-order valence-electron chi connectivity index (χ0n) is 18.5. The summed E-state index contributed by atoms with van der Waals surface area (Å²) in [5.74, 6) is 1.72. The van der Waals surface area contributed by atoms with Gasteiger partial charge in [0, 0.05) is 36.5 Å². The number of nitrogens with zero attached hydrogens (tertiary/aromatic N) is 5. The van der Waals surface area contributed by atoms with Gasteiger partial charge < -0.3 is 9.64 Å². The lowest BCUT2D eigenvalue weighted by molar-refractivity contribution is 0.415. The number of nitrogens with one attached hydrogen (secondary N) is 1. The summed E-state index contributed by atoms with van der Waals surface area (Å²) in [6, 6.07) is 14.8. The molecule has 33 heavy (non-hydrogen) atoms. The molecule has 2 aliphatic rings. The van der Waals surface area contributed by atoms with Gasteiger partial charge in [-0.2, -0.15) is 10.4 Å². The van der Waals surface area contributed by atoms with Gasteiger partial charge in [-0.3, -0.25) is 5.10 Å². The minimum atomic E-state index is 0.0822. The van der Waals surface area contributed by atoms with Crippen LogP contribution in [-0.2, 0) is 12.8 Å². The van der Waals surface area contributed by atoms with Crippen LogP contribution in [0.4, 0.5) is 5.82 Å². The molecule has 0 amide bonds. The topological polar surface area (TPSA) is 90.7 Å². The number of hydrogen-bond donors (Lipinski definition) is 1. The molecule has 0 saturated carbocycles. The second-order valence-electron chi connectivity index (χ2n) is 8.77. The van der Waals surface area contributed by atoms with Gasteiger partial charge in [0.15, 0.2) is 0 Å². The van der Waals surface area contributed by atoms with Crippen LogP contribution in [-0.4, -0.2) is 40.4 Å². The third kappa shape index (κ3) is 3.30. The van der Waals surface area contributed by atoms with Crippen molar-refractivity contribution < 1.29 is 4.74 Å². The number of aromatic amines is 1. The Labute approximate surface area is 192 Å². The fraction of sp³-hybridized carbons (Fsp3) is 0.308. The molecule has 164 valence electrons. The molecule has 1 aliphatic heterocycles. The quantitative estimate of drug-likeness (QED) is 0.505. The number of methoxy groups -OCH3 is 1. The van der Waals surface area contributed by atoms with E-state index in [9.17, 15) is 0 Å². The summed E-state index contributed by atoms with van der Waals surface area (Å²) in [6.07, 6.45) is 6.10. The van der Waals surface area contributed by atoms with E-state index in [-0.39, 0.29) is 5.92 Å². The van der Waals surface area contributed by atoms with Crippen LogP contribution in [0.3, 0.4) is 0 Å². The molecule has 7 nitrogen and oxygen atoms in total. The van der Waals surface area contributed by atoms with Crippen molar-refractivity contribution in [2.45, 2.75) is 25.7 Å². The summed E-state index contributed by atoms with van der Waals surface area (Å²) in [5, 5.41) is 16.8. The second-order valence-corrected chi connectivity index (χ2v) is 8.77. The highest BCUT2D eigenvalue weighted by Crippen LogP contribution is 2.38. The van der Waals surface area contributed by atoms with Gasteiger partial charge in [-0.15, -0.1) is 0 Å². The van der Waals surface area contributed by atoms with Gasteiger partial charge in [-0.05, 0) is 48.9 Å². The Bertz CT molecular complexity index is 1380. The number of benzene rings is 1. The molecule has 1 fully saturated rings. The van der Waals surface area contributed by atoms with Crippen molar-refractivity contribution in [3.63, 3.8) is 0 Å². The van der Waals surface area contributed by atoms with Gasteiger partial charge >= 0.3 is 0 Å². The Morgan fingerprint density at radius 1 is 1.18 bits per heavy atom. The lowest BCUT2D eigenvalue weighted by Crippen LogP contribution is -2.20. The third-order valence-electron chi connectivity index (χ3n) is 6.84. The lowest BCUT2D eigenvalue weighted by atomic mass is 9.99. The van der Waals surface area contributed by atoms with Gasteiger partial charge in [0.05, 0.1) is 24.6 Å². The van der Waals surface area contributed by atoms with Gasteiger partial charge in [-0.1, -0.05) is 18.2 Å². The maximum Gasteiger partial charge on any atom is 0.147 e. The van der Waals surface area contributed by atoms with Crippen molar-refractivity contribution in [1.82, 2.24) is 20.2 Å². The lowest BCUT2D eigenvalue weighted by Gasteiger charge is -2.16. The van der Waals surface area contributed by atoms with Gasteiger partial charge in [-0.25, -0.2) is 9.97 Å². The normalized spacial score (nSPS) is 17.3. The van der Waals surface area contributed by atoms with E-state index in [0.717, 1.165) is 77.5 Å². The smallest absolute Gasteiger partial charge is 0.147 e. The zero-order valence-corrected chi connectivity index (χ0v) is 18.5. The van der Waals surface area contributed by atoms with Crippen LogP contribution in [0.5, 0.6) is 5.75 Å². The molecule has 4 aromatic rings. The fourth-order valence-electron chi connectivity index (χ4n) is 5.11. The number of aryl methyl sites for hydroxylation is 1. The molecule has 3 aromatic heterocycles. The molecular formula is C26H24N6O. The molecule has 0 bridgehead atoms. The molecule has 1 unspecified atom stereocenters. The summed E-state index contributed by atoms with van der Waals surface area (Å²) in [7, 11) is 1.69. The number of pyridine rings is 2. The Morgan fingerprint density at radius 3 is 2.91 bits per heavy atom. The number of anilines is 1. The van der Waals surface area contributed by atoms with E-state index in [1.165, 1.54) is 17.5 Å². The summed E-state index contributed by atoms with van der Waals surface area (Å²) >= 11 is 0. The van der Waals surface area contributed by atoms with E-state index < -0.39 is 0 Å². The van der Waals surface area contributed by atoms with Crippen molar-refractivity contribution in [3.05, 3.63) is 53.7 Å². The summed E-state index contributed by atoms with van der Waals surface area (Å²) in [4.78, 5) is 11.9. The zero-order chi connectivity index (χ0) is 22.4. The van der Waals surface area contributed by atoms with Crippen molar-refractivity contribution in [2.75, 3.05) is 25.1 Å². The SMILES string of the molecule is COc1cc2[nH]nc(-c3ccc(N4CCC(C#N)C4)nc3)c2nc1-c1cccc2c1CCC2. The van der Waals surface area contributed by atoms with Crippen LogP contribution in [0.2, 0.25) is 0 Å². The van der Waals surface area contributed by atoms with Crippen LogP contribution >= 0.6 is 0 Å². The predicted molar refractivity (Wildman–Crippen MR) is 127 cm³/mol. The van der Waals surface area contributed by atoms with Gasteiger partial charge in [0.25, 0.3) is 0 Å². The van der Waals surface area contributed by atoms with E-state index in [0.29, 0.717) is 0 Å². The molecule has 1 N–H and O–H groups in total. The predicted octanol–water partition coefficient (Wildman–Crippen LogP) is 4.53. The molecule has 1 atom stereocenters. The molecular weight excluding hydrogens is 412 g/mol. The molecule has 6 rings (SSSR count). The maximum atomic E-state index is 9.17. The molecule has 4 heterocycles. The highest BCUT2D eigenvalue weighted by molar-refractivity contribution is 5.93. The largest absolute Gasteiger partial charge is 0.494 e.